The Balaban J connectivity index is 2.11. The molecular formula is C7H11IO2. The predicted molar refractivity (Wildman–Crippen MR) is 46.3 cm³/mol. The molecule has 2 fully saturated rings. The number of aliphatic hydroxyl groups excluding tert-OH is 1. The number of hydrogen-bond acceptors (Lipinski definition) is 2. The molecule has 0 aromatic carbocycles. The van der Waals surface area contributed by atoms with Crippen LogP contribution in [-0.4, -0.2) is 27.8 Å². The van der Waals surface area contributed by atoms with Crippen molar-refractivity contribution in [3.05, 3.63) is 0 Å². The SMILES string of the molecule is O[C@H]1C[C@H](I)[C@H]2OCC[C@H]21. The van der Waals surface area contributed by atoms with Gasteiger partial charge in [0.2, 0.25) is 0 Å². The van der Waals surface area contributed by atoms with Gasteiger partial charge in [0.1, 0.15) is 0 Å². The van der Waals surface area contributed by atoms with Crippen molar-refractivity contribution >= 4 is 22.6 Å². The fourth-order valence-electron chi connectivity index (χ4n) is 1.95. The van der Waals surface area contributed by atoms with Crippen LogP contribution in [0.25, 0.3) is 0 Å². The van der Waals surface area contributed by atoms with E-state index in [1.165, 1.54) is 0 Å². The lowest BCUT2D eigenvalue weighted by Gasteiger charge is -2.11. The number of alkyl halides is 1. The van der Waals surface area contributed by atoms with Gasteiger partial charge in [0.25, 0.3) is 0 Å². The summed E-state index contributed by atoms with van der Waals surface area (Å²) in [5.41, 5.74) is 0. The summed E-state index contributed by atoms with van der Waals surface area (Å²) in [5, 5.41) is 9.48. The lowest BCUT2D eigenvalue weighted by atomic mass is 10.0. The van der Waals surface area contributed by atoms with E-state index >= 15 is 0 Å². The van der Waals surface area contributed by atoms with Gasteiger partial charge in [-0.3, -0.25) is 0 Å². The Labute approximate surface area is 74.1 Å². The Kier molecular flexibility index (Phi) is 1.90. The van der Waals surface area contributed by atoms with Gasteiger partial charge in [-0.2, -0.15) is 0 Å². The van der Waals surface area contributed by atoms with E-state index in [9.17, 15) is 5.11 Å². The second-order valence-electron chi connectivity index (χ2n) is 3.11. The molecule has 0 aromatic rings. The van der Waals surface area contributed by atoms with Crippen LogP contribution in [-0.2, 0) is 4.74 Å². The van der Waals surface area contributed by atoms with Gasteiger partial charge in [-0.1, -0.05) is 22.6 Å². The standard InChI is InChI=1S/C7H11IO2/c8-5-3-6(9)4-1-2-10-7(4)5/h4-7,9H,1-3H2/t4-,5-,6-,7-/m0/s1. The first-order valence-corrected chi connectivity index (χ1v) is 4.97. The molecule has 3 heteroatoms. The van der Waals surface area contributed by atoms with Crippen LogP contribution in [0.4, 0.5) is 0 Å². The Morgan fingerprint density at radius 2 is 2.30 bits per heavy atom. The van der Waals surface area contributed by atoms with Crippen LogP contribution in [0.5, 0.6) is 0 Å². The van der Waals surface area contributed by atoms with E-state index in [1.54, 1.807) is 0 Å². The molecule has 58 valence electrons. The van der Waals surface area contributed by atoms with Gasteiger partial charge in [-0.15, -0.1) is 0 Å². The summed E-state index contributed by atoms with van der Waals surface area (Å²) in [6.45, 7) is 0.853. The zero-order valence-corrected chi connectivity index (χ0v) is 7.82. The summed E-state index contributed by atoms with van der Waals surface area (Å²) in [4.78, 5) is 0. The number of hydrogen-bond donors (Lipinski definition) is 1. The first-order chi connectivity index (χ1) is 4.79. The zero-order valence-electron chi connectivity index (χ0n) is 5.66. The van der Waals surface area contributed by atoms with E-state index in [0.29, 0.717) is 15.9 Å². The number of ether oxygens (including phenoxy) is 1. The summed E-state index contributed by atoms with van der Waals surface area (Å²) in [5.74, 6) is 0.446. The molecule has 0 spiro atoms. The molecule has 2 rings (SSSR count). The van der Waals surface area contributed by atoms with Crippen molar-refractivity contribution in [1.29, 1.82) is 0 Å². The molecule has 0 radical (unpaired) electrons. The van der Waals surface area contributed by atoms with Crippen molar-refractivity contribution in [2.24, 2.45) is 5.92 Å². The molecule has 10 heavy (non-hydrogen) atoms. The van der Waals surface area contributed by atoms with Crippen LogP contribution in [0.15, 0.2) is 0 Å². The molecule has 0 amide bonds. The van der Waals surface area contributed by atoms with E-state index in [2.05, 4.69) is 22.6 Å². The highest BCUT2D eigenvalue weighted by Gasteiger charge is 2.44. The monoisotopic (exact) mass is 254 g/mol. The molecule has 1 aliphatic carbocycles. The third kappa shape index (κ3) is 0.987. The van der Waals surface area contributed by atoms with E-state index < -0.39 is 0 Å². The highest BCUT2D eigenvalue weighted by atomic mass is 127. The van der Waals surface area contributed by atoms with E-state index in [-0.39, 0.29) is 6.10 Å². The minimum atomic E-state index is -0.0885. The topological polar surface area (TPSA) is 29.5 Å². The van der Waals surface area contributed by atoms with Crippen LogP contribution in [0, 0.1) is 5.92 Å². The highest BCUT2D eigenvalue weighted by molar-refractivity contribution is 14.1. The molecule has 0 unspecified atom stereocenters. The van der Waals surface area contributed by atoms with Crippen molar-refractivity contribution < 1.29 is 9.84 Å². The number of fused-ring (bicyclic) bond motifs is 1. The van der Waals surface area contributed by atoms with Gasteiger partial charge >= 0.3 is 0 Å². The minimum absolute atomic E-state index is 0.0885. The van der Waals surface area contributed by atoms with E-state index in [1.807, 2.05) is 0 Å². The molecular weight excluding hydrogens is 243 g/mol. The summed E-state index contributed by atoms with van der Waals surface area (Å²) < 4.78 is 6.03. The molecule has 4 atom stereocenters. The average Bonchev–Trinajstić information content (AvgIpc) is 2.39. The normalized spacial score (nSPS) is 53.4. The van der Waals surface area contributed by atoms with E-state index in [4.69, 9.17) is 4.74 Å². The molecule has 2 nitrogen and oxygen atoms in total. The third-order valence-corrected chi connectivity index (χ3v) is 3.72. The summed E-state index contributed by atoms with van der Waals surface area (Å²) in [6.07, 6.45) is 2.26. The molecule has 1 aliphatic heterocycles. The molecule has 0 bridgehead atoms. The second kappa shape index (κ2) is 2.60. The van der Waals surface area contributed by atoms with Crippen LogP contribution >= 0.6 is 22.6 Å². The van der Waals surface area contributed by atoms with Gasteiger partial charge < -0.3 is 9.84 Å². The lowest BCUT2D eigenvalue weighted by molar-refractivity contribution is 0.0862. The molecule has 1 N–H and O–H groups in total. The summed E-state index contributed by atoms with van der Waals surface area (Å²) >= 11 is 2.38. The zero-order chi connectivity index (χ0) is 7.14. The largest absolute Gasteiger partial charge is 0.393 e. The fourth-order valence-corrected chi connectivity index (χ4v) is 3.21. The maximum atomic E-state index is 9.48. The summed E-state index contributed by atoms with van der Waals surface area (Å²) in [7, 11) is 0. The number of rotatable bonds is 0. The van der Waals surface area contributed by atoms with Crippen molar-refractivity contribution in [2.75, 3.05) is 6.61 Å². The van der Waals surface area contributed by atoms with Gasteiger partial charge in [0, 0.05) is 16.4 Å². The fraction of sp³-hybridized carbons (Fsp3) is 1.00. The van der Waals surface area contributed by atoms with Crippen LogP contribution in [0.1, 0.15) is 12.8 Å². The van der Waals surface area contributed by atoms with Crippen molar-refractivity contribution in [3.63, 3.8) is 0 Å². The van der Waals surface area contributed by atoms with Crippen LogP contribution < -0.4 is 0 Å². The first kappa shape index (κ1) is 7.31. The van der Waals surface area contributed by atoms with Crippen molar-refractivity contribution in [3.8, 4) is 0 Å². The lowest BCUT2D eigenvalue weighted by Crippen LogP contribution is -2.20. The quantitative estimate of drug-likeness (QED) is 0.515. The Bertz CT molecular complexity index is 126. The van der Waals surface area contributed by atoms with Gasteiger partial charge in [0.15, 0.2) is 0 Å². The molecule has 1 heterocycles. The molecule has 2 aliphatic rings. The number of aliphatic hydroxyl groups is 1. The van der Waals surface area contributed by atoms with Crippen LogP contribution in [0.2, 0.25) is 0 Å². The van der Waals surface area contributed by atoms with Gasteiger partial charge in [-0.05, 0) is 12.8 Å². The smallest absolute Gasteiger partial charge is 0.0747 e. The van der Waals surface area contributed by atoms with Gasteiger partial charge in [-0.25, -0.2) is 0 Å². The van der Waals surface area contributed by atoms with E-state index in [0.717, 1.165) is 19.4 Å². The highest BCUT2D eigenvalue weighted by Crippen LogP contribution is 2.39. The second-order valence-corrected chi connectivity index (χ2v) is 4.71. The maximum absolute atomic E-state index is 9.48. The maximum Gasteiger partial charge on any atom is 0.0747 e. The van der Waals surface area contributed by atoms with Crippen molar-refractivity contribution in [2.45, 2.75) is 29.0 Å². The molecule has 1 saturated heterocycles. The van der Waals surface area contributed by atoms with Crippen molar-refractivity contribution in [1.82, 2.24) is 0 Å². The Morgan fingerprint density at radius 3 is 3.00 bits per heavy atom. The average molecular weight is 254 g/mol. The predicted octanol–water partition coefficient (Wildman–Crippen LogP) is 0.960. The summed E-state index contributed by atoms with van der Waals surface area (Å²) in [6, 6.07) is 0. The van der Waals surface area contributed by atoms with Gasteiger partial charge in [0.05, 0.1) is 12.2 Å². The number of halogens is 1. The molecule has 1 saturated carbocycles. The molecule has 0 aromatic heterocycles. The Hall–Kier alpha value is 0.650. The first-order valence-electron chi connectivity index (χ1n) is 3.73. The third-order valence-electron chi connectivity index (χ3n) is 2.50. The Morgan fingerprint density at radius 1 is 1.50 bits per heavy atom. The minimum Gasteiger partial charge on any atom is -0.393 e. The van der Waals surface area contributed by atoms with Crippen LogP contribution in [0.3, 0.4) is 0 Å².